The zero-order valence-corrected chi connectivity index (χ0v) is 12.3. The van der Waals surface area contributed by atoms with Gasteiger partial charge in [-0.25, -0.2) is 0 Å². The van der Waals surface area contributed by atoms with E-state index in [-0.39, 0.29) is 17.9 Å². The number of hydrogen-bond acceptors (Lipinski definition) is 1. The molecule has 1 amide bonds. The van der Waals surface area contributed by atoms with Gasteiger partial charge in [0.2, 0.25) is 5.91 Å². The first-order valence-corrected chi connectivity index (χ1v) is 7.11. The molecule has 0 aliphatic rings. The Balaban J connectivity index is 2.85. The highest BCUT2D eigenvalue weighted by Gasteiger charge is 2.24. The van der Waals surface area contributed by atoms with E-state index in [1.807, 2.05) is 49.2 Å². The van der Waals surface area contributed by atoms with Gasteiger partial charge in [0.25, 0.3) is 0 Å². The van der Waals surface area contributed by atoms with E-state index in [0.717, 1.165) is 17.3 Å². The summed E-state index contributed by atoms with van der Waals surface area (Å²) in [6.07, 6.45) is 0.836. The molecule has 1 aromatic carbocycles. The van der Waals surface area contributed by atoms with Crippen LogP contribution in [0.25, 0.3) is 0 Å². The number of benzene rings is 1. The van der Waals surface area contributed by atoms with Crippen molar-refractivity contribution in [3.8, 4) is 0 Å². The molecule has 1 aromatic rings. The number of nitrogens with zero attached hydrogens (tertiary/aromatic N) is 1. The lowest BCUT2D eigenvalue weighted by Gasteiger charge is -2.27. The van der Waals surface area contributed by atoms with Gasteiger partial charge in [-0.3, -0.25) is 4.79 Å². The van der Waals surface area contributed by atoms with E-state index in [0.29, 0.717) is 0 Å². The van der Waals surface area contributed by atoms with Crippen LogP contribution in [0.15, 0.2) is 30.3 Å². The molecule has 17 heavy (non-hydrogen) atoms. The van der Waals surface area contributed by atoms with Crippen LogP contribution in [0.2, 0.25) is 0 Å². The highest BCUT2D eigenvalue weighted by atomic mass is 79.9. The maximum Gasteiger partial charge on any atom is 0.230 e. The third-order valence-electron chi connectivity index (χ3n) is 3.14. The van der Waals surface area contributed by atoms with Crippen LogP contribution in [-0.4, -0.2) is 29.2 Å². The van der Waals surface area contributed by atoms with Gasteiger partial charge < -0.3 is 4.90 Å². The van der Waals surface area contributed by atoms with Crippen molar-refractivity contribution in [2.45, 2.75) is 32.2 Å². The Hall–Kier alpha value is -0.830. The molecular formula is C14H20BrNO. The van der Waals surface area contributed by atoms with Crippen molar-refractivity contribution in [2.75, 3.05) is 12.4 Å². The molecule has 0 saturated heterocycles. The molecule has 0 heterocycles. The molecule has 0 N–H and O–H groups in total. The van der Waals surface area contributed by atoms with Crippen molar-refractivity contribution in [2.24, 2.45) is 0 Å². The molecule has 0 radical (unpaired) electrons. The minimum atomic E-state index is -0.0253. The topological polar surface area (TPSA) is 20.3 Å². The number of carbonyl (C=O) groups is 1. The summed E-state index contributed by atoms with van der Waals surface area (Å²) in [6.45, 7) is 4.10. The number of rotatable bonds is 5. The summed E-state index contributed by atoms with van der Waals surface area (Å²) in [5.74, 6) is 0.174. The SMILES string of the molecule is CCC(C(=O)N(C)C(C)CBr)c1ccccc1. The summed E-state index contributed by atoms with van der Waals surface area (Å²) < 4.78 is 0. The Labute approximate surface area is 112 Å². The molecule has 0 aliphatic heterocycles. The van der Waals surface area contributed by atoms with Gasteiger partial charge in [0.05, 0.1) is 5.92 Å². The molecule has 1 rings (SSSR count). The van der Waals surface area contributed by atoms with Crippen molar-refractivity contribution < 1.29 is 4.79 Å². The van der Waals surface area contributed by atoms with Gasteiger partial charge in [-0.15, -0.1) is 0 Å². The van der Waals surface area contributed by atoms with Crippen LogP contribution >= 0.6 is 15.9 Å². The van der Waals surface area contributed by atoms with E-state index < -0.39 is 0 Å². The molecule has 2 unspecified atom stereocenters. The van der Waals surface area contributed by atoms with Crippen LogP contribution in [0.1, 0.15) is 31.7 Å². The Morgan fingerprint density at radius 3 is 2.41 bits per heavy atom. The van der Waals surface area contributed by atoms with Crippen LogP contribution in [0, 0.1) is 0 Å². The van der Waals surface area contributed by atoms with Crippen LogP contribution in [-0.2, 0) is 4.79 Å². The van der Waals surface area contributed by atoms with Crippen molar-refractivity contribution in [3.05, 3.63) is 35.9 Å². The number of halogens is 1. The van der Waals surface area contributed by atoms with Crippen LogP contribution in [0.4, 0.5) is 0 Å². The highest BCUT2D eigenvalue weighted by molar-refractivity contribution is 9.09. The minimum Gasteiger partial charge on any atom is -0.342 e. The average molecular weight is 298 g/mol. The Kier molecular flexibility index (Phi) is 5.69. The van der Waals surface area contributed by atoms with E-state index in [1.54, 1.807) is 0 Å². The lowest BCUT2D eigenvalue weighted by Crippen LogP contribution is -2.39. The summed E-state index contributed by atoms with van der Waals surface area (Å²) in [5.41, 5.74) is 1.11. The van der Waals surface area contributed by atoms with Crippen molar-refractivity contribution in [3.63, 3.8) is 0 Å². The van der Waals surface area contributed by atoms with Gasteiger partial charge in [-0.2, -0.15) is 0 Å². The second-order valence-corrected chi connectivity index (χ2v) is 4.97. The van der Waals surface area contributed by atoms with Gasteiger partial charge >= 0.3 is 0 Å². The Bertz CT molecular complexity index is 352. The normalized spacial score (nSPS) is 14.1. The lowest BCUT2D eigenvalue weighted by molar-refractivity contribution is -0.133. The molecule has 0 spiro atoms. The number of likely N-dealkylation sites (N-methyl/N-ethyl adjacent to an activating group) is 1. The highest BCUT2D eigenvalue weighted by Crippen LogP contribution is 2.22. The first kappa shape index (κ1) is 14.2. The summed E-state index contributed by atoms with van der Waals surface area (Å²) in [5, 5.41) is 0.806. The molecule has 0 saturated carbocycles. The van der Waals surface area contributed by atoms with Crippen molar-refractivity contribution in [1.82, 2.24) is 4.90 Å². The van der Waals surface area contributed by atoms with E-state index in [4.69, 9.17) is 0 Å². The van der Waals surface area contributed by atoms with E-state index in [2.05, 4.69) is 22.9 Å². The molecule has 0 bridgehead atoms. The van der Waals surface area contributed by atoms with E-state index >= 15 is 0 Å². The van der Waals surface area contributed by atoms with Gasteiger partial charge in [0.1, 0.15) is 0 Å². The third-order valence-corrected chi connectivity index (χ3v) is 4.08. The van der Waals surface area contributed by atoms with Crippen LogP contribution in [0.3, 0.4) is 0 Å². The van der Waals surface area contributed by atoms with E-state index in [9.17, 15) is 4.79 Å². The van der Waals surface area contributed by atoms with Crippen LogP contribution < -0.4 is 0 Å². The van der Waals surface area contributed by atoms with Gasteiger partial charge in [0.15, 0.2) is 0 Å². The number of carbonyl (C=O) groups excluding carboxylic acids is 1. The zero-order valence-electron chi connectivity index (χ0n) is 10.7. The zero-order chi connectivity index (χ0) is 12.8. The van der Waals surface area contributed by atoms with Gasteiger partial charge in [-0.05, 0) is 18.9 Å². The Morgan fingerprint density at radius 1 is 1.35 bits per heavy atom. The Morgan fingerprint density at radius 2 is 1.94 bits per heavy atom. The second kappa shape index (κ2) is 6.80. The summed E-state index contributed by atoms with van der Waals surface area (Å²) >= 11 is 3.42. The van der Waals surface area contributed by atoms with Gasteiger partial charge in [0, 0.05) is 18.4 Å². The number of hydrogen-bond donors (Lipinski definition) is 0. The maximum absolute atomic E-state index is 12.4. The molecule has 3 heteroatoms. The molecule has 94 valence electrons. The molecule has 0 aliphatic carbocycles. The molecule has 2 atom stereocenters. The maximum atomic E-state index is 12.4. The molecule has 0 aromatic heterocycles. The molecular weight excluding hydrogens is 278 g/mol. The fourth-order valence-corrected chi connectivity index (χ4v) is 2.24. The predicted molar refractivity (Wildman–Crippen MR) is 75.5 cm³/mol. The van der Waals surface area contributed by atoms with Crippen molar-refractivity contribution >= 4 is 21.8 Å². The average Bonchev–Trinajstić information content (AvgIpc) is 2.38. The summed E-state index contributed by atoms with van der Waals surface area (Å²) in [7, 11) is 1.87. The quantitative estimate of drug-likeness (QED) is 0.763. The molecule has 0 fully saturated rings. The largest absolute Gasteiger partial charge is 0.342 e. The smallest absolute Gasteiger partial charge is 0.230 e. The standard InChI is InChI=1S/C14H20BrNO/c1-4-13(12-8-6-5-7-9-12)14(17)16(3)11(2)10-15/h5-9,11,13H,4,10H2,1-3H3. The lowest BCUT2D eigenvalue weighted by atomic mass is 9.95. The minimum absolute atomic E-state index is 0.0253. The van der Waals surface area contributed by atoms with Crippen molar-refractivity contribution in [1.29, 1.82) is 0 Å². The van der Waals surface area contributed by atoms with Crippen LogP contribution in [0.5, 0.6) is 0 Å². The van der Waals surface area contributed by atoms with Gasteiger partial charge in [-0.1, -0.05) is 53.2 Å². The fraction of sp³-hybridized carbons (Fsp3) is 0.500. The first-order valence-electron chi connectivity index (χ1n) is 5.99. The van der Waals surface area contributed by atoms with E-state index in [1.165, 1.54) is 0 Å². The summed E-state index contributed by atoms with van der Waals surface area (Å²) in [4.78, 5) is 14.2. The number of alkyl halides is 1. The summed E-state index contributed by atoms with van der Waals surface area (Å²) in [6, 6.07) is 10.2. The third kappa shape index (κ3) is 3.56. The first-order chi connectivity index (χ1) is 8.11. The second-order valence-electron chi connectivity index (χ2n) is 4.32. The fourth-order valence-electron chi connectivity index (χ4n) is 1.80. The number of amides is 1. The predicted octanol–water partition coefficient (Wildman–Crippen LogP) is 3.42. The monoisotopic (exact) mass is 297 g/mol. The molecule has 2 nitrogen and oxygen atoms in total.